The number of hydrogen-bond donors (Lipinski definition) is 3. The van der Waals surface area contributed by atoms with Crippen LogP contribution in [0.5, 0.6) is 0 Å². The van der Waals surface area contributed by atoms with Crippen LogP contribution in [0.3, 0.4) is 0 Å². The fourth-order valence-electron chi connectivity index (χ4n) is 1.88. The van der Waals surface area contributed by atoms with Gasteiger partial charge in [-0.2, -0.15) is 0 Å². The molecule has 0 bridgehead atoms. The predicted octanol–water partition coefficient (Wildman–Crippen LogP) is 1.56. The molecule has 0 aliphatic carbocycles. The summed E-state index contributed by atoms with van der Waals surface area (Å²) in [5.41, 5.74) is 6.73. The molecule has 0 radical (unpaired) electrons. The van der Waals surface area contributed by atoms with Crippen molar-refractivity contribution in [1.82, 2.24) is 16.2 Å². The van der Waals surface area contributed by atoms with Crippen LogP contribution in [0.1, 0.15) is 19.8 Å². The molecule has 1 saturated heterocycles. The minimum Gasteiger partial charge on any atom is -0.325 e. The molecule has 1 aliphatic rings. The molecule has 16 heavy (non-hydrogen) atoms. The van der Waals surface area contributed by atoms with Gasteiger partial charge in [0.1, 0.15) is 6.17 Å². The molecule has 1 fully saturated rings. The first kappa shape index (κ1) is 13.7. The van der Waals surface area contributed by atoms with Crippen molar-refractivity contribution in [3.05, 3.63) is 11.8 Å². The van der Waals surface area contributed by atoms with E-state index < -0.39 is 6.17 Å². The maximum Gasteiger partial charge on any atom is 0.116 e. The SMILES string of the molecule is CNN/C(=C/CC1CCNC[C@H]1F)C(C)Cl. The van der Waals surface area contributed by atoms with Gasteiger partial charge in [0.2, 0.25) is 0 Å². The van der Waals surface area contributed by atoms with E-state index in [4.69, 9.17) is 11.6 Å². The van der Waals surface area contributed by atoms with Gasteiger partial charge in [0.05, 0.1) is 5.38 Å². The first-order chi connectivity index (χ1) is 7.65. The predicted molar refractivity (Wildman–Crippen MR) is 66.1 cm³/mol. The van der Waals surface area contributed by atoms with Gasteiger partial charge in [0.15, 0.2) is 0 Å². The van der Waals surface area contributed by atoms with Crippen molar-refractivity contribution in [1.29, 1.82) is 0 Å². The zero-order valence-corrected chi connectivity index (χ0v) is 10.6. The van der Waals surface area contributed by atoms with E-state index in [2.05, 4.69) is 16.2 Å². The van der Waals surface area contributed by atoms with E-state index in [1.165, 1.54) is 0 Å². The monoisotopic (exact) mass is 249 g/mol. The number of rotatable bonds is 5. The minimum absolute atomic E-state index is 0.0905. The number of hydrogen-bond acceptors (Lipinski definition) is 3. The number of allylic oxidation sites excluding steroid dienone is 2. The number of piperidine rings is 1. The maximum absolute atomic E-state index is 13.5. The Bertz CT molecular complexity index is 233. The Morgan fingerprint density at radius 1 is 1.69 bits per heavy atom. The van der Waals surface area contributed by atoms with E-state index in [1.807, 2.05) is 13.0 Å². The van der Waals surface area contributed by atoms with Crippen molar-refractivity contribution in [3.8, 4) is 0 Å². The Kier molecular flexibility index (Phi) is 6.09. The highest BCUT2D eigenvalue weighted by Gasteiger charge is 2.23. The summed E-state index contributed by atoms with van der Waals surface area (Å²) in [6.45, 7) is 3.28. The van der Waals surface area contributed by atoms with Gasteiger partial charge < -0.3 is 10.7 Å². The topological polar surface area (TPSA) is 36.1 Å². The van der Waals surface area contributed by atoms with Crippen molar-refractivity contribution in [2.75, 3.05) is 20.1 Å². The Balaban J connectivity index is 2.47. The van der Waals surface area contributed by atoms with Crippen LogP contribution < -0.4 is 16.2 Å². The van der Waals surface area contributed by atoms with Crippen molar-refractivity contribution in [2.45, 2.75) is 31.3 Å². The lowest BCUT2D eigenvalue weighted by molar-refractivity contribution is 0.181. The second-order valence-electron chi connectivity index (χ2n) is 4.16. The summed E-state index contributed by atoms with van der Waals surface area (Å²) in [5, 5.41) is 2.96. The Morgan fingerprint density at radius 2 is 2.44 bits per heavy atom. The van der Waals surface area contributed by atoms with Crippen LogP contribution in [0.4, 0.5) is 4.39 Å². The molecule has 0 saturated carbocycles. The van der Waals surface area contributed by atoms with E-state index in [0.29, 0.717) is 6.54 Å². The van der Waals surface area contributed by atoms with E-state index in [9.17, 15) is 4.39 Å². The summed E-state index contributed by atoms with van der Waals surface area (Å²) >= 11 is 6.00. The quantitative estimate of drug-likeness (QED) is 0.511. The number of hydrazine groups is 1. The molecule has 3 nitrogen and oxygen atoms in total. The van der Waals surface area contributed by atoms with Crippen molar-refractivity contribution in [3.63, 3.8) is 0 Å². The van der Waals surface area contributed by atoms with Crippen LogP contribution in [0.15, 0.2) is 11.8 Å². The van der Waals surface area contributed by atoms with Gasteiger partial charge in [-0.15, -0.1) is 11.6 Å². The molecule has 5 heteroatoms. The lowest BCUT2D eigenvalue weighted by atomic mass is 9.92. The summed E-state index contributed by atoms with van der Waals surface area (Å²) in [4.78, 5) is 0. The van der Waals surface area contributed by atoms with E-state index >= 15 is 0 Å². The lowest BCUT2D eigenvalue weighted by Crippen LogP contribution is -2.38. The van der Waals surface area contributed by atoms with Crippen LogP contribution in [0.25, 0.3) is 0 Å². The fourth-order valence-corrected chi connectivity index (χ4v) is 2.02. The molecular weight excluding hydrogens is 229 g/mol. The molecular formula is C11H21ClFN3. The first-order valence-corrected chi connectivity index (χ1v) is 6.20. The Morgan fingerprint density at radius 3 is 3.00 bits per heavy atom. The molecule has 0 spiro atoms. The van der Waals surface area contributed by atoms with Gasteiger partial charge in [-0.1, -0.05) is 6.08 Å². The second-order valence-corrected chi connectivity index (χ2v) is 4.81. The Labute approximate surface area is 102 Å². The molecule has 3 N–H and O–H groups in total. The molecule has 1 aliphatic heterocycles. The Hall–Kier alpha value is -0.320. The van der Waals surface area contributed by atoms with E-state index in [-0.39, 0.29) is 11.3 Å². The molecule has 0 aromatic carbocycles. The second kappa shape index (κ2) is 7.09. The van der Waals surface area contributed by atoms with Gasteiger partial charge in [-0.05, 0) is 32.2 Å². The van der Waals surface area contributed by atoms with E-state index in [0.717, 1.165) is 25.1 Å². The van der Waals surface area contributed by atoms with Gasteiger partial charge in [-0.3, -0.25) is 0 Å². The van der Waals surface area contributed by atoms with Gasteiger partial charge in [-0.25, -0.2) is 9.82 Å². The van der Waals surface area contributed by atoms with Crippen LogP contribution in [-0.4, -0.2) is 31.7 Å². The van der Waals surface area contributed by atoms with E-state index in [1.54, 1.807) is 7.05 Å². The third kappa shape index (κ3) is 4.28. The number of alkyl halides is 2. The van der Waals surface area contributed by atoms with Crippen LogP contribution in [0, 0.1) is 5.92 Å². The normalized spacial score (nSPS) is 28.9. The summed E-state index contributed by atoms with van der Waals surface area (Å²) in [5.74, 6) is 0.116. The molecule has 0 aromatic heterocycles. The average Bonchev–Trinajstić information content (AvgIpc) is 2.26. The van der Waals surface area contributed by atoms with Crippen LogP contribution in [-0.2, 0) is 0 Å². The third-order valence-corrected chi connectivity index (χ3v) is 3.12. The molecule has 0 amide bonds. The highest BCUT2D eigenvalue weighted by molar-refractivity contribution is 6.22. The van der Waals surface area contributed by atoms with Crippen molar-refractivity contribution in [2.24, 2.45) is 5.92 Å². The third-order valence-electron chi connectivity index (χ3n) is 2.88. The lowest BCUT2D eigenvalue weighted by Gasteiger charge is -2.26. The first-order valence-electron chi connectivity index (χ1n) is 5.76. The van der Waals surface area contributed by atoms with Crippen molar-refractivity contribution >= 4 is 11.6 Å². The summed E-state index contributed by atoms with van der Waals surface area (Å²) < 4.78 is 13.5. The van der Waals surface area contributed by atoms with Crippen molar-refractivity contribution < 1.29 is 4.39 Å². The highest BCUT2D eigenvalue weighted by atomic mass is 35.5. The highest BCUT2D eigenvalue weighted by Crippen LogP contribution is 2.21. The van der Waals surface area contributed by atoms with Crippen LogP contribution >= 0.6 is 11.6 Å². The van der Waals surface area contributed by atoms with Gasteiger partial charge in [0, 0.05) is 19.3 Å². The zero-order chi connectivity index (χ0) is 12.0. The molecule has 3 atom stereocenters. The summed E-state index contributed by atoms with van der Waals surface area (Å²) in [6.07, 6.45) is 2.88. The van der Waals surface area contributed by atoms with Gasteiger partial charge >= 0.3 is 0 Å². The largest absolute Gasteiger partial charge is 0.325 e. The standard InChI is InChI=1S/C11H21ClFN3/c1-8(12)11(16-14-2)4-3-9-5-6-15-7-10(9)13/h4,8-10,14-16H,3,5-7H2,1-2H3/b11-4+/t8?,9?,10-/m1/s1. The molecule has 1 rings (SSSR count). The summed E-state index contributed by atoms with van der Waals surface area (Å²) in [7, 11) is 1.79. The average molecular weight is 250 g/mol. The smallest absolute Gasteiger partial charge is 0.116 e. The molecule has 94 valence electrons. The minimum atomic E-state index is -0.744. The molecule has 1 heterocycles. The maximum atomic E-state index is 13.5. The van der Waals surface area contributed by atoms with Gasteiger partial charge in [0.25, 0.3) is 0 Å². The fraction of sp³-hybridized carbons (Fsp3) is 0.818. The molecule has 2 unspecified atom stereocenters. The number of nitrogens with one attached hydrogen (secondary N) is 3. The number of halogens is 2. The summed E-state index contributed by atoms with van der Waals surface area (Å²) in [6, 6.07) is 0. The molecule has 0 aromatic rings. The van der Waals surface area contributed by atoms with Crippen LogP contribution in [0.2, 0.25) is 0 Å². The zero-order valence-electron chi connectivity index (χ0n) is 9.89.